The van der Waals surface area contributed by atoms with Gasteiger partial charge in [-0.05, 0) is 61.6 Å². The topological polar surface area (TPSA) is 122 Å². The molecule has 44 heavy (non-hydrogen) atoms. The van der Waals surface area contributed by atoms with E-state index in [0.717, 1.165) is 19.5 Å². The van der Waals surface area contributed by atoms with Gasteiger partial charge < -0.3 is 16.4 Å². The normalized spacial score (nSPS) is 23.0. The minimum atomic E-state index is -4.69. The Kier molecular flexibility index (Phi) is 9.38. The number of alkyl halides is 3. The fourth-order valence-electron chi connectivity index (χ4n) is 5.99. The number of nitrogens with two attached hydrogens (primary N) is 1. The molecule has 3 unspecified atom stereocenters. The highest BCUT2D eigenvalue weighted by molar-refractivity contribution is 7.89. The number of aromatic nitrogens is 2. The van der Waals surface area contributed by atoms with E-state index in [-0.39, 0.29) is 41.2 Å². The molecule has 0 radical (unpaired) electrons. The van der Waals surface area contributed by atoms with Gasteiger partial charge in [-0.15, -0.1) is 0 Å². The highest BCUT2D eigenvalue weighted by Crippen LogP contribution is 2.35. The molecule has 0 spiro atoms. The predicted molar refractivity (Wildman–Crippen MR) is 158 cm³/mol. The van der Waals surface area contributed by atoms with Crippen LogP contribution in [0.1, 0.15) is 47.7 Å². The highest BCUT2D eigenvalue weighted by Gasteiger charge is 2.39. The fraction of sp³-hybridized carbons (Fsp3) is 0.448. The number of piperazine rings is 1. The van der Waals surface area contributed by atoms with Gasteiger partial charge in [-0.1, -0.05) is 29.8 Å². The summed E-state index contributed by atoms with van der Waals surface area (Å²) >= 11 is 6.02. The standard InChI is InChI=1S/C29H33ClF4N6O3S/c1-39-25(29(32,33)34)14-24(38-39)26(17-7-9-18(30)10-8-17)27(35)28(41)37-23-6-2-5-22(31)21(23)12-11-20-15-36-19-4-3-13-44(42,43)40(20)16-19/h2,5-10,14,19-20,26-27,36H,3-4,11-13,15-16,35H2,1H3,(H,37,41)/t19-,20+,26?,27?/m1/s1. The molecule has 5 rings (SSSR count). The molecule has 1 amide bonds. The first kappa shape index (κ1) is 32.4. The molecule has 4 N–H and O–H groups in total. The third kappa shape index (κ3) is 6.94. The lowest BCUT2D eigenvalue weighted by atomic mass is 9.88. The average molecular weight is 657 g/mol. The van der Waals surface area contributed by atoms with Crippen LogP contribution in [0.25, 0.3) is 0 Å². The van der Waals surface area contributed by atoms with Gasteiger partial charge in [-0.25, -0.2) is 12.8 Å². The number of fused-ring (bicyclic) bond motifs is 2. The molecule has 2 fully saturated rings. The van der Waals surface area contributed by atoms with Crippen molar-refractivity contribution in [3.8, 4) is 0 Å². The maximum atomic E-state index is 15.1. The molecule has 238 valence electrons. The molecule has 2 aliphatic heterocycles. The van der Waals surface area contributed by atoms with E-state index in [1.165, 1.54) is 34.6 Å². The van der Waals surface area contributed by atoms with Crippen LogP contribution in [0.3, 0.4) is 0 Å². The van der Waals surface area contributed by atoms with E-state index in [1.807, 2.05) is 0 Å². The Bertz CT molecular complexity index is 1620. The van der Waals surface area contributed by atoms with E-state index in [9.17, 15) is 26.4 Å². The van der Waals surface area contributed by atoms with Gasteiger partial charge >= 0.3 is 6.18 Å². The number of nitrogens with zero attached hydrogens (tertiary/aromatic N) is 3. The number of nitrogens with one attached hydrogen (secondary N) is 2. The first-order valence-electron chi connectivity index (χ1n) is 14.2. The number of halogens is 5. The van der Waals surface area contributed by atoms with Crippen molar-refractivity contribution in [3.05, 3.63) is 81.9 Å². The van der Waals surface area contributed by atoms with Gasteiger partial charge in [0, 0.05) is 48.5 Å². The summed E-state index contributed by atoms with van der Waals surface area (Å²) in [6, 6.07) is 9.42. The van der Waals surface area contributed by atoms with Crippen LogP contribution in [0, 0.1) is 5.82 Å². The molecule has 9 nitrogen and oxygen atoms in total. The Labute approximate surface area is 257 Å². The third-order valence-electron chi connectivity index (χ3n) is 8.26. The van der Waals surface area contributed by atoms with Crippen LogP contribution in [0.15, 0.2) is 48.5 Å². The Morgan fingerprint density at radius 3 is 2.64 bits per heavy atom. The first-order valence-corrected chi connectivity index (χ1v) is 16.2. The first-order chi connectivity index (χ1) is 20.7. The van der Waals surface area contributed by atoms with E-state index >= 15 is 4.39 Å². The molecular weight excluding hydrogens is 624 g/mol. The van der Waals surface area contributed by atoms with Crippen molar-refractivity contribution in [2.45, 2.75) is 55.9 Å². The van der Waals surface area contributed by atoms with Crippen molar-refractivity contribution in [3.63, 3.8) is 0 Å². The van der Waals surface area contributed by atoms with Crippen molar-refractivity contribution in [1.29, 1.82) is 0 Å². The van der Waals surface area contributed by atoms with Crippen molar-refractivity contribution in [2.75, 3.05) is 24.2 Å². The zero-order valence-corrected chi connectivity index (χ0v) is 25.4. The van der Waals surface area contributed by atoms with Gasteiger partial charge in [-0.3, -0.25) is 9.48 Å². The van der Waals surface area contributed by atoms with Gasteiger partial charge in [0.2, 0.25) is 15.9 Å². The second kappa shape index (κ2) is 12.8. The van der Waals surface area contributed by atoms with Gasteiger partial charge in [0.1, 0.15) is 11.5 Å². The number of sulfonamides is 1. The highest BCUT2D eigenvalue weighted by atomic mass is 35.5. The van der Waals surface area contributed by atoms with Gasteiger partial charge in [0.15, 0.2) is 0 Å². The largest absolute Gasteiger partial charge is 0.433 e. The average Bonchev–Trinajstić information content (AvgIpc) is 3.30. The van der Waals surface area contributed by atoms with E-state index in [1.54, 1.807) is 12.1 Å². The molecule has 15 heteroatoms. The molecule has 2 aromatic carbocycles. The van der Waals surface area contributed by atoms with E-state index < -0.39 is 45.6 Å². The van der Waals surface area contributed by atoms with Crippen LogP contribution < -0.4 is 16.4 Å². The second-order valence-corrected chi connectivity index (χ2v) is 13.7. The Morgan fingerprint density at radius 1 is 1.23 bits per heavy atom. The summed E-state index contributed by atoms with van der Waals surface area (Å²) in [6.07, 6.45) is -2.93. The lowest BCUT2D eigenvalue weighted by Gasteiger charge is -2.37. The van der Waals surface area contributed by atoms with Crippen LogP contribution in [-0.4, -0.2) is 65.4 Å². The van der Waals surface area contributed by atoms with Crippen molar-refractivity contribution >= 4 is 33.2 Å². The van der Waals surface area contributed by atoms with E-state index in [2.05, 4.69) is 15.7 Å². The number of carbonyl (C=O) groups excluding carboxylic acids is 1. The molecule has 0 aliphatic carbocycles. The van der Waals surface area contributed by atoms with Crippen LogP contribution in [0.4, 0.5) is 23.2 Å². The SMILES string of the molecule is Cn1nc(C(c2ccc(Cl)cc2)C(N)C(=O)Nc2cccc(F)c2CC[C@H]2CN[C@@H]3CCCS(=O)(=O)N2C3)cc1C(F)(F)F. The number of benzene rings is 2. The smallest absolute Gasteiger partial charge is 0.324 e. The fourth-order valence-corrected chi connectivity index (χ4v) is 7.93. The van der Waals surface area contributed by atoms with Gasteiger partial charge in [-0.2, -0.15) is 22.6 Å². The van der Waals surface area contributed by atoms with Crippen LogP contribution in [0.2, 0.25) is 5.02 Å². The lowest BCUT2D eigenvalue weighted by molar-refractivity contribution is -0.143. The number of amides is 1. The predicted octanol–water partition coefficient (Wildman–Crippen LogP) is 4.03. The Hall–Kier alpha value is -3.04. The monoisotopic (exact) mass is 656 g/mol. The molecule has 2 bridgehead atoms. The summed E-state index contributed by atoms with van der Waals surface area (Å²) in [6.45, 7) is 0.788. The zero-order chi connectivity index (χ0) is 31.8. The Balaban J connectivity index is 1.39. The molecule has 0 saturated carbocycles. The summed E-state index contributed by atoms with van der Waals surface area (Å²) in [5.74, 6) is -2.39. The van der Waals surface area contributed by atoms with Crippen molar-refractivity contribution in [1.82, 2.24) is 19.4 Å². The van der Waals surface area contributed by atoms with Crippen LogP contribution in [0.5, 0.6) is 0 Å². The molecule has 3 aromatic rings. The number of rotatable bonds is 8. The van der Waals surface area contributed by atoms with E-state index in [4.69, 9.17) is 17.3 Å². The molecular formula is C29H33ClF4N6O3S. The number of aryl methyl sites for hydroxylation is 1. The van der Waals surface area contributed by atoms with Crippen molar-refractivity contribution < 1.29 is 30.8 Å². The number of anilines is 1. The molecule has 2 aliphatic rings. The van der Waals surface area contributed by atoms with Gasteiger partial charge in [0.25, 0.3) is 0 Å². The summed E-state index contributed by atoms with van der Waals surface area (Å²) < 4.78 is 83.8. The minimum Gasteiger partial charge on any atom is -0.324 e. The van der Waals surface area contributed by atoms with Crippen LogP contribution >= 0.6 is 11.6 Å². The number of hydrogen-bond donors (Lipinski definition) is 3. The quantitative estimate of drug-likeness (QED) is 0.315. The van der Waals surface area contributed by atoms with Gasteiger partial charge in [0.05, 0.1) is 23.4 Å². The molecule has 1 aromatic heterocycles. The maximum absolute atomic E-state index is 15.1. The molecule has 3 heterocycles. The minimum absolute atomic E-state index is 0.0656. The maximum Gasteiger partial charge on any atom is 0.433 e. The summed E-state index contributed by atoms with van der Waals surface area (Å²) in [7, 11) is -2.30. The number of hydrogen-bond acceptors (Lipinski definition) is 6. The summed E-state index contributed by atoms with van der Waals surface area (Å²) in [5, 5.41) is 10.4. The van der Waals surface area contributed by atoms with E-state index in [0.29, 0.717) is 41.2 Å². The summed E-state index contributed by atoms with van der Waals surface area (Å²) in [5.41, 5.74) is 6.03. The molecule has 2 saturated heterocycles. The number of carbonyl (C=O) groups is 1. The Morgan fingerprint density at radius 2 is 1.95 bits per heavy atom. The molecule has 5 atom stereocenters. The third-order valence-corrected chi connectivity index (χ3v) is 10.5. The zero-order valence-electron chi connectivity index (χ0n) is 23.8. The lowest BCUT2D eigenvalue weighted by Crippen LogP contribution is -2.57. The summed E-state index contributed by atoms with van der Waals surface area (Å²) in [4.78, 5) is 13.6. The van der Waals surface area contributed by atoms with Crippen molar-refractivity contribution in [2.24, 2.45) is 12.8 Å². The second-order valence-electron chi connectivity index (χ2n) is 11.2. The van der Waals surface area contributed by atoms with Crippen LogP contribution in [-0.2, 0) is 34.5 Å².